The van der Waals surface area contributed by atoms with Gasteiger partial charge in [0, 0.05) is 11.8 Å². The van der Waals surface area contributed by atoms with Crippen molar-refractivity contribution < 1.29 is 24.2 Å². The molecule has 2 amide bonds. The molecule has 0 aliphatic carbocycles. The first-order valence-corrected chi connectivity index (χ1v) is 14.5. The van der Waals surface area contributed by atoms with Crippen molar-refractivity contribution in [1.29, 1.82) is 0 Å². The maximum absolute atomic E-state index is 14.6. The number of anilines is 1. The Hall–Kier alpha value is -2.29. The number of esters is 1. The summed E-state index contributed by atoms with van der Waals surface area (Å²) in [4.78, 5) is 45.2. The van der Waals surface area contributed by atoms with Gasteiger partial charge in [-0.2, -0.15) is 0 Å². The van der Waals surface area contributed by atoms with E-state index >= 15 is 0 Å². The van der Waals surface area contributed by atoms with Crippen molar-refractivity contribution in [3.63, 3.8) is 0 Å². The third-order valence-corrected chi connectivity index (χ3v) is 10.6. The molecule has 4 rings (SSSR count). The van der Waals surface area contributed by atoms with E-state index < -0.39 is 28.7 Å². The van der Waals surface area contributed by atoms with E-state index in [2.05, 4.69) is 20.1 Å². The molecule has 3 unspecified atom stereocenters. The van der Waals surface area contributed by atoms with Gasteiger partial charge >= 0.3 is 5.97 Å². The van der Waals surface area contributed by atoms with E-state index in [1.807, 2.05) is 19.1 Å². The number of amides is 2. The maximum atomic E-state index is 14.6. The molecule has 3 saturated heterocycles. The van der Waals surface area contributed by atoms with Crippen LogP contribution in [0.4, 0.5) is 5.69 Å². The average Bonchev–Trinajstić information content (AvgIpc) is 3.48. The highest BCUT2D eigenvalue weighted by atomic mass is 35.5. The van der Waals surface area contributed by atoms with Crippen molar-refractivity contribution in [1.82, 2.24) is 4.90 Å². The number of rotatable bonds is 11. The molecular weight excluding hydrogens is 524 g/mol. The van der Waals surface area contributed by atoms with Crippen molar-refractivity contribution in [3.05, 3.63) is 54.1 Å². The number of nitrogens with zero attached hydrogens (tertiary/aromatic N) is 2. The Morgan fingerprint density at radius 3 is 2.74 bits per heavy atom. The second-order valence-electron chi connectivity index (χ2n) is 10.6. The van der Waals surface area contributed by atoms with Gasteiger partial charge < -0.3 is 19.6 Å². The molecule has 3 heterocycles. The number of halogens is 1. The summed E-state index contributed by atoms with van der Waals surface area (Å²) >= 11 is 8.18. The zero-order valence-electron chi connectivity index (χ0n) is 22.3. The quantitative estimate of drug-likeness (QED) is 0.245. The molecule has 1 aromatic carbocycles. The third kappa shape index (κ3) is 4.48. The van der Waals surface area contributed by atoms with Gasteiger partial charge in [0.15, 0.2) is 0 Å². The molecule has 0 aromatic heterocycles. The summed E-state index contributed by atoms with van der Waals surface area (Å²) in [6.07, 6.45) is 5.52. The average molecular weight is 561 g/mol. The first kappa shape index (κ1) is 28.7. The number of benzene rings is 1. The molecular formula is C29H37ClN2O5S. The third-order valence-electron chi connectivity index (χ3n) is 8.26. The summed E-state index contributed by atoms with van der Waals surface area (Å²) in [6, 6.07) is 3.97. The highest BCUT2D eigenvalue weighted by Crippen LogP contribution is 2.69. The Morgan fingerprint density at radius 2 is 2.11 bits per heavy atom. The van der Waals surface area contributed by atoms with E-state index in [0.717, 1.165) is 12.0 Å². The molecule has 1 spiro atoms. The van der Waals surface area contributed by atoms with Crippen LogP contribution in [0.2, 0.25) is 5.02 Å². The number of allylic oxidation sites excluding steroid dienone is 1. The van der Waals surface area contributed by atoms with Crippen LogP contribution in [0.5, 0.6) is 0 Å². The van der Waals surface area contributed by atoms with Crippen LogP contribution >= 0.6 is 23.4 Å². The van der Waals surface area contributed by atoms with Gasteiger partial charge in [-0.15, -0.1) is 24.9 Å². The molecule has 0 radical (unpaired) electrons. The zero-order valence-corrected chi connectivity index (χ0v) is 23.8. The van der Waals surface area contributed by atoms with Crippen molar-refractivity contribution in [2.24, 2.45) is 17.8 Å². The van der Waals surface area contributed by atoms with Gasteiger partial charge in [0.05, 0.1) is 46.5 Å². The number of hydrogen-bond acceptors (Lipinski definition) is 6. The summed E-state index contributed by atoms with van der Waals surface area (Å²) in [5, 5.41) is 10.5. The molecule has 1 N–H and O–H groups in total. The number of thioether (sulfide) groups is 1. The Balaban J connectivity index is 1.78. The van der Waals surface area contributed by atoms with Gasteiger partial charge in [0.2, 0.25) is 5.91 Å². The fourth-order valence-electron chi connectivity index (χ4n) is 6.60. The topological polar surface area (TPSA) is 87.1 Å². The normalized spacial score (nSPS) is 30.2. The first-order chi connectivity index (χ1) is 18.1. The van der Waals surface area contributed by atoms with Gasteiger partial charge in [0.1, 0.15) is 6.04 Å². The highest BCUT2D eigenvalue weighted by molar-refractivity contribution is 8.02. The summed E-state index contributed by atoms with van der Waals surface area (Å²) < 4.78 is 4.81. The minimum Gasteiger partial charge on any atom is -0.465 e. The molecule has 9 heteroatoms. The van der Waals surface area contributed by atoms with Gasteiger partial charge in [-0.05, 0) is 50.7 Å². The molecule has 2 bridgehead atoms. The van der Waals surface area contributed by atoms with E-state index in [1.165, 1.54) is 4.90 Å². The lowest BCUT2D eigenvalue weighted by molar-refractivity contribution is -0.155. The standard InChI is InChI=1S/C29H37ClN2O5S/c1-6-8-9-14-37-28(36)22-21-15-18(4)29(38-21)23(22)26(34)32(19(5)16-33)25(29)27(35)31(13-7-2)24-17(3)11-10-12-20(24)30/h6-7,10-12,18-19,21-23,25,33H,1-2,8-9,13-16H2,3-5H3/t18?,19-,21-,22+,23+,25?,29?/m1/s1. The summed E-state index contributed by atoms with van der Waals surface area (Å²) in [5.74, 6) is -2.26. The van der Waals surface area contributed by atoms with Gasteiger partial charge in [0.25, 0.3) is 5.91 Å². The minimum absolute atomic E-state index is 0.000896. The predicted molar refractivity (Wildman–Crippen MR) is 151 cm³/mol. The number of ether oxygens (including phenoxy) is 1. The second kappa shape index (κ2) is 11.4. The van der Waals surface area contributed by atoms with Crippen molar-refractivity contribution >= 4 is 46.8 Å². The summed E-state index contributed by atoms with van der Waals surface area (Å²) in [5.41, 5.74) is 1.40. The van der Waals surface area contributed by atoms with Crippen LogP contribution in [-0.4, -0.2) is 69.6 Å². The zero-order chi connectivity index (χ0) is 27.8. The molecule has 7 atom stereocenters. The number of aliphatic hydroxyl groups excluding tert-OH is 1. The highest BCUT2D eigenvalue weighted by Gasteiger charge is 2.77. The number of unbranched alkanes of at least 4 members (excludes halogenated alkanes) is 1. The van der Waals surface area contributed by atoms with E-state index in [-0.39, 0.29) is 48.7 Å². The minimum atomic E-state index is -0.874. The molecule has 3 aliphatic rings. The SMILES string of the molecule is C=CCCCOC(=O)[C@@H]1[C@H]2C(=O)N([C@H](C)CO)C(C(=O)N(CC=C)c3c(C)cccc3Cl)C23S[C@@H]1CC3C. The number of carbonyl (C=O) groups excluding carboxylic acids is 3. The van der Waals surface area contributed by atoms with E-state index in [4.69, 9.17) is 16.3 Å². The fourth-order valence-corrected chi connectivity index (χ4v) is 9.31. The molecule has 0 saturated carbocycles. The van der Waals surface area contributed by atoms with Crippen LogP contribution in [0.25, 0.3) is 0 Å². The van der Waals surface area contributed by atoms with Crippen LogP contribution in [0, 0.1) is 24.7 Å². The van der Waals surface area contributed by atoms with Crippen LogP contribution in [0.15, 0.2) is 43.5 Å². The molecule has 3 aliphatic heterocycles. The molecule has 206 valence electrons. The largest absolute Gasteiger partial charge is 0.465 e. The number of hydrogen-bond donors (Lipinski definition) is 1. The lowest BCUT2D eigenvalue weighted by Crippen LogP contribution is -2.59. The van der Waals surface area contributed by atoms with Gasteiger partial charge in [-0.25, -0.2) is 0 Å². The molecule has 7 nitrogen and oxygen atoms in total. The van der Waals surface area contributed by atoms with Crippen LogP contribution in [-0.2, 0) is 19.1 Å². The number of fused-ring (bicyclic) bond motifs is 1. The molecule has 1 aromatic rings. The van der Waals surface area contributed by atoms with Gasteiger partial charge in [-0.3, -0.25) is 14.4 Å². The summed E-state index contributed by atoms with van der Waals surface area (Å²) in [7, 11) is 0. The number of carbonyl (C=O) groups is 3. The van der Waals surface area contributed by atoms with Crippen LogP contribution in [0.1, 0.15) is 38.7 Å². The van der Waals surface area contributed by atoms with Crippen molar-refractivity contribution in [3.8, 4) is 0 Å². The molecule has 3 fully saturated rings. The predicted octanol–water partition coefficient (Wildman–Crippen LogP) is 4.39. The number of aryl methyl sites for hydroxylation is 1. The van der Waals surface area contributed by atoms with Crippen molar-refractivity contribution in [2.75, 3.05) is 24.7 Å². The Morgan fingerprint density at radius 1 is 1.37 bits per heavy atom. The lowest BCUT2D eigenvalue weighted by Gasteiger charge is -2.41. The summed E-state index contributed by atoms with van der Waals surface area (Å²) in [6.45, 7) is 13.4. The van der Waals surface area contributed by atoms with Crippen molar-refractivity contribution in [2.45, 2.75) is 62.1 Å². The van der Waals surface area contributed by atoms with E-state index in [1.54, 1.807) is 41.8 Å². The lowest BCUT2D eigenvalue weighted by atomic mass is 9.66. The van der Waals surface area contributed by atoms with Gasteiger partial charge in [-0.1, -0.05) is 42.8 Å². The fraction of sp³-hybridized carbons (Fsp3) is 0.552. The molecule has 38 heavy (non-hydrogen) atoms. The first-order valence-electron chi connectivity index (χ1n) is 13.2. The monoisotopic (exact) mass is 560 g/mol. The Bertz CT molecular complexity index is 1110. The van der Waals surface area contributed by atoms with Crippen LogP contribution < -0.4 is 4.90 Å². The Kier molecular flexibility index (Phi) is 8.65. The van der Waals surface area contributed by atoms with Crippen LogP contribution in [0.3, 0.4) is 0 Å². The second-order valence-corrected chi connectivity index (χ2v) is 12.5. The Labute approximate surface area is 234 Å². The van der Waals surface area contributed by atoms with E-state index in [0.29, 0.717) is 23.6 Å². The number of para-hydroxylation sites is 1. The number of aliphatic hydroxyl groups is 1. The number of likely N-dealkylation sites (tertiary alicyclic amines) is 1. The smallest absolute Gasteiger partial charge is 0.310 e. The van der Waals surface area contributed by atoms with E-state index in [9.17, 15) is 19.5 Å². The maximum Gasteiger partial charge on any atom is 0.310 e.